The Morgan fingerprint density at radius 3 is 1.80 bits per heavy atom. The van der Waals surface area contributed by atoms with Crippen molar-refractivity contribution in [3.63, 3.8) is 0 Å². The van der Waals surface area contributed by atoms with E-state index in [2.05, 4.69) is 0 Å². The molecule has 0 aliphatic heterocycles. The number of anilines is 1. The van der Waals surface area contributed by atoms with E-state index in [1.165, 1.54) is 0 Å². The number of hydrogen-bond acceptors (Lipinski definition) is 2. The van der Waals surface area contributed by atoms with Crippen molar-refractivity contribution in [1.82, 2.24) is 0 Å². The standard InChI is InChI=1S/C12H16Cl2F3NOSi/c1-11(12(15,16)17,19-20(2,3)4)7-5-8(13)10(18)9(14)6-7/h5-6H,18H2,1-4H3/t11-/m0/s1. The predicted molar refractivity (Wildman–Crippen MR) is 78.7 cm³/mol. The molecule has 8 heteroatoms. The quantitative estimate of drug-likeness (QED) is 0.603. The third-order valence-corrected chi connectivity index (χ3v) is 4.33. The second-order valence-corrected chi connectivity index (χ2v) is 10.8. The summed E-state index contributed by atoms with van der Waals surface area (Å²) in [5.74, 6) is 0. The summed E-state index contributed by atoms with van der Waals surface area (Å²) in [6.07, 6.45) is -4.60. The number of rotatable bonds is 3. The fourth-order valence-electron chi connectivity index (χ4n) is 1.75. The highest BCUT2D eigenvalue weighted by Gasteiger charge is 2.55. The van der Waals surface area contributed by atoms with Crippen molar-refractivity contribution in [3.8, 4) is 0 Å². The molecule has 2 nitrogen and oxygen atoms in total. The highest BCUT2D eigenvalue weighted by Crippen LogP contribution is 2.46. The Morgan fingerprint density at radius 2 is 1.50 bits per heavy atom. The Balaban J connectivity index is 3.47. The van der Waals surface area contributed by atoms with Crippen LogP contribution in [-0.4, -0.2) is 14.5 Å². The van der Waals surface area contributed by atoms with Crippen LogP contribution < -0.4 is 5.73 Å². The summed E-state index contributed by atoms with van der Waals surface area (Å²) < 4.78 is 45.8. The Morgan fingerprint density at radius 1 is 1.10 bits per heavy atom. The molecule has 20 heavy (non-hydrogen) atoms. The molecule has 0 aliphatic carbocycles. The molecule has 1 atom stereocenters. The number of nitrogen functional groups attached to an aromatic ring is 1. The molecule has 0 radical (unpaired) electrons. The van der Waals surface area contributed by atoms with Crippen LogP contribution in [0, 0.1) is 0 Å². The summed E-state index contributed by atoms with van der Waals surface area (Å²) in [7, 11) is -2.47. The van der Waals surface area contributed by atoms with Crippen molar-refractivity contribution in [1.29, 1.82) is 0 Å². The van der Waals surface area contributed by atoms with E-state index < -0.39 is 20.1 Å². The third-order valence-electron chi connectivity index (χ3n) is 2.68. The van der Waals surface area contributed by atoms with Crippen LogP contribution in [0.2, 0.25) is 29.7 Å². The Kier molecular flexibility index (Phi) is 4.76. The van der Waals surface area contributed by atoms with Gasteiger partial charge in [0.2, 0.25) is 0 Å². The molecule has 1 aromatic carbocycles. The summed E-state index contributed by atoms with van der Waals surface area (Å²) in [4.78, 5) is 0. The largest absolute Gasteiger partial charge is 0.420 e. The van der Waals surface area contributed by atoms with Crippen molar-refractivity contribution in [3.05, 3.63) is 27.7 Å². The minimum Gasteiger partial charge on any atom is -0.401 e. The summed E-state index contributed by atoms with van der Waals surface area (Å²) >= 11 is 11.7. The number of halogens is 5. The van der Waals surface area contributed by atoms with Gasteiger partial charge in [0.15, 0.2) is 13.9 Å². The van der Waals surface area contributed by atoms with E-state index in [-0.39, 0.29) is 21.3 Å². The van der Waals surface area contributed by atoms with Gasteiger partial charge in [0.25, 0.3) is 0 Å². The number of benzene rings is 1. The van der Waals surface area contributed by atoms with Crippen LogP contribution in [0.4, 0.5) is 18.9 Å². The van der Waals surface area contributed by atoms with Crippen LogP contribution >= 0.6 is 23.2 Å². The lowest BCUT2D eigenvalue weighted by Gasteiger charge is -2.38. The molecule has 0 bridgehead atoms. The van der Waals surface area contributed by atoms with Gasteiger partial charge in [-0.2, -0.15) is 13.2 Å². The first-order chi connectivity index (χ1) is 8.78. The molecule has 0 saturated carbocycles. The van der Waals surface area contributed by atoms with Crippen LogP contribution in [0.1, 0.15) is 12.5 Å². The smallest absolute Gasteiger partial charge is 0.401 e. The highest BCUT2D eigenvalue weighted by molar-refractivity contribution is 6.69. The molecule has 0 aliphatic rings. The van der Waals surface area contributed by atoms with Gasteiger partial charge in [-0.3, -0.25) is 0 Å². The van der Waals surface area contributed by atoms with Crippen LogP contribution in [-0.2, 0) is 10.0 Å². The van der Waals surface area contributed by atoms with Crippen LogP contribution in [0.15, 0.2) is 12.1 Å². The first kappa shape index (κ1) is 17.6. The maximum atomic E-state index is 13.5. The van der Waals surface area contributed by atoms with Crippen molar-refractivity contribution in [2.45, 2.75) is 38.3 Å². The van der Waals surface area contributed by atoms with E-state index in [1.807, 2.05) is 0 Å². The molecule has 1 rings (SSSR count). The first-order valence-electron chi connectivity index (χ1n) is 5.80. The van der Waals surface area contributed by atoms with Crippen molar-refractivity contribution in [2.24, 2.45) is 0 Å². The molecule has 0 unspecified atom stereocenters. The van der Waals surface area contributed by atoms with Crippen LogP contribution in [0.3, 0.4) is 0 Å². The van der Waals surface area contributed by atoms with Gasteiger partial charge in [-0.25, -0.2) is 0 Å². The van der Waals surface area contributed by atoms with Gasteiger partial charge in [0.1, 0.15) is 0 Å². The Labute approximate surface area is 127 Å². The second kappa shape index (κ2) is 5.40. The molecule has 0 aromatic heterocycles. The lowest BCUT2D eigenvalue weighted by atomic mass is 9.95. The lowest BCUT2D eigenvalue weighted by molar-refractivity contribution is -0.250. The summed E-state index contributed by atoms with van der Waals surface area (Å²) in [6.45, 7) is 6.01. The molecule has 0 spiro atoms. The minimum atomic E-state index is -4.60. The average molecular weight is 346 g/mol. The van der Waals surface area contributed by atoms with Crippen molar-refractivity contribution in [2.75, 3.05) is 5.73 Å². The van der Waals surface area contributed by atoms with Gasteiger partial charge in [-0.1, -0.05) is 23.2 Å². The zero-order valence-electron chi connectivity index (χ0n) is 11.5. The summed E-state index contributed by atoms with van der Waals surface area (Å²) in [5, 5.41) is -0.0516. The number of hydrogen-bond donors (Lipinski definition) is 1. The summed E-state index contributed by atoms with van der Waals surface area (Å²) in [5.41, 5.74) is 2.97. The Bertz CT molecular complexity index is 493. The molecule has 114 valence electrons. The van der Waals surface area contributed by atoms with Gasteiger partial charge < -0.3 is 10.2 Å². The van der Waals surface area contributed by atoms with Gasteiger partial charge in [-0.05, 0) is 44.3 Å². The lowest BCUT2D eigenvalue weighted by Crippen LogP contribution is -2.48. The number of alkyl halides is 3. The van der Waals surface area contributed by atoms with Gasteiger partial charge in [-0.15, -0.1) is 0 Å². The molecule has 1 aromatic rings. The molecule has 0 fully saturated rings. The fourth-order valence-corrected chi connectivity index (χ4v) is 3.70. The van der Waals surface area contributed by atoms with Crippen molar-refractivity contribution >= 4 is 37.2 Å². The molecule has 0 amide bonds. The van der Waals surface area contributed by atoms with Crippen molar-refractivity contribution < 1.29 is 17.6 Å². The van der Waals surface area contributed by atoms with E-state index in [1.54, 1.807) is 19.6 Å². The topological polar surface area (TPSA) is 35.2 Å². The maximum Gasteiger partial charge on any atom is 0.420 e. The monoisotopic (exact) mass is 345 g/mol. The molecular weight excluding hydrogens is 330 g/mol. The van der Waals surface area contributed by atoms with Crippen LogP contribution in [0.5, 0.6) is 0 Å². The molecule has 0 saturated heterocycles. The fraction of sp³-hybridized carbons (Fsp3) is 0.500. The molecular formula is C12H16Cl2F3NOSi. The van der Waals surface area contributed by atoms with Crippen LogP contribution in [0.25, 0.3) is 0 Å². The van der Waals surface area contributed by atoms with Gasteiger partial charge in [0.05, 0.1) is 15.7 Å². The van der Waals surface area contributed by atoms with E-state index in [0.717, 1.165) is 19.1 Å². The average Bonchev–Trinajstić information content (AvgIpc) is 2.21. The zero-order chi connectivity index (χ0) is 15.9. The Hall–Kier alpha value is -0.433. The zero-order valence-corrected chi connectivity index (χ0v) is 14.0. The SMILES string of the molecule is C[C@](O[Si](C)(C)C)(c1cc(Cl)c(N)c(Cl)c1)C(F)(F)F. The third kappa shape index (κ3) is 3.61. The summed E-state index contributed by atoms with van der Waals surface area (Å²) in [6, 6.07) is 2.30. The normalized spacial score (nSPS) is 16.1. The minimum absolute atomic E-state index is 0.0258. The first-order valence-corrected chi connectivity index (χ1v) is 9.96. The predicted octanol–water partition coefficient (Wildman–Crippen LogP) is 5.20. The molecule has 2 N–H and O–H groups in total. The van der Waals surface area contributed by atoms with E-state index in [9.17, 15) is 13.2 Å². The number of nitrogens with two attached hydrogens (primary N) is 1. The van der Waals surface area contributed by atoms with E-state index in [0.29, 0.717) is 0 Å². The maximum absolute atomic E-state index is 13.5. The van der Waals surface area contributed by atoms with Gasteiger partial charge in [0, 0.05) is 0 Å². The highest BCUT2D eigenvalue weighted by atomic mass is 35.5. The van der Waals surface area contributed by atoms with Gasteiger partial charge >= 0.3 is 6.18 Å². The molecule has 0 heterocycles. The second-order valence-electron chi connectivity index (χ2n) is 5.60. The van der Waals surface area contributed by atoms with E-state index in [4.69, 9.17) is 33.4 Å². The van der Waals surface area contributed by atoms with E-state index >= 15 is 0 Å².